The molecule has 0 saturated carbocycles. The molecule has 0 aliphatic heterocycles. The molecule has 0 spiro atoms. The summed E-state index contributed by atoms with van der Waals surface area (Å²) in [4.78, 5) is 0. The fourth-order valence-corrected chi connectivity index (χ4v) is 0.625. The van der Waals surface area contributed by atoms with E-state index in [1.807, 2.05) is 13.8 Å². The third-order valence-corrected chi connectivity index (χ3v) is 1.23. The molecule has 2 nitrogen and oxygen atoms in total. The number of rotatable bonds is 3. The van der Waals surface area contributed by atoms with Crippen LogP contribution in [0.3, 0.4) is 0 Å². The van der Waals surface area contributed by atoms with Crippen LogP contribution in [-0.2, 0) is 0 Å². The van der Waals surface area contributed by atoms with E-state index in [1.54, 1.807) is 0 Å². The summed E-state index contributed by atoms with van der Waals surface area (Å²) in [5.74, 6) is 0. The highest BCUT2D eigenvalue weighted by atomic mass is 14.9. The van der Waals surface area contributed by atoms with Crippen molar-refractivity contribution >= 4 is 5.71 Å². The van der Waals surface area contributed by atoms with Gasteiger partial charge >= 0.3 is 0 Å². The van der Waals surface area contributed by atoms with E-state index >= 15 is 0 Å². The summed E-state index contributed by atoms with van der Waals surface area (Å²) in [6, 6.07) is 0.699. The summed E-state index contributed by atoms with van der Waals surface area (Å²) in [5, 5.41) is 10.4. The Kier molecular flexibility index (Phi) is 3.47. The molecule has 0 amide bonds. The highest BCUT2D eigenvalue weighted by Crippen LogP contribution is 1.86. The molecular weight excluding hydrogens is 112 g/mol. The fourth-order valence-electron chi connectivity index (χ4n) is 0.625. The maximum Gasteiger partial charge on any atom is 0.0418 e. The van der Waals surface area contributed by atoms with E-state index in [0.717, 1.165) is 0 Å². The zero-order chi connectivity index (χ0) is 7.44. The topological polar surface area (TPSA) is 35.9 Å². The lowest BCUT2D eigenvalue weighted by atomic mass is 10.2. The smallest absolute Gasteiger partial charge is 0.0418 e. The van der Waals surface area contributed by atoms with Crippen molar-refractivity contribution in [2.75, 3.05) is 0 Å². The molecule has 0 unspecified atom stereocenters. The minimum Gasteiger partial charge on any atom is -0.308 e. The van der Waals surface area contributed by atoms with Crippen molar-refractivity contribution in [1.82, 2.24) is 5.32 Å². The summed E-state index contributed by atoms with van der Waals surface area (Å²) in [6.45, 7) is 7.99. The van der Waals surface area contributed by atoms with E-state index in [-0.39, 0.29) is 6.04 Å². The number of hydrogen-bond donors (Lipinski definition) is 2. The number of nitrogens with one attached hydrogen (secondary N) is 2. The van der Waals surface area contributed by atoms with Crippen LogP contribution >= 0.6 is 0 Å². The molecule has 0 aliphatic carbocycles. The third kappa shape index (κ3) is 4.15. The first-order chi connectivity index (χ1) is 4.04. The van der Waals surface area contributed by atoms with Gasteiger partial charge in [-0.1, -0.05) is 13.8 Å². The van der Waals surface area contributed by atoms with Crippen molar-refractivity contribution in [3.05, 3.63) is 0 Å². The lowest BCUT2D eigenvalue weighted by Crippen LogP contribution is -2.36. The van der Waals surface area contributed by atoms with Gasteiger partial charge in [0.2, 0.25) is 0 Å². The molecule has 54 valence electrons. The minimum absolute atomic E-state index is 0.227. The molecule has 0 heterocycles. The van der Waals surface area contributed by atoms with Crippen LogP contribution in [0.1, 0.15) is 27.7 Å². The quantitative estimate of drug-likeness (QED) is 0.554. The van der Waals surface area contributed by atoms with Crippen LogP contribution in [-0.4, -0.2) is 17.8 Å². The first-order valence-electron chi connectivity index (χ1n) is 3.35. The Labute approximate surface area is 57.2 Å². The van der Waals surface area contributed by atoms with Crippen LogP contribution in [0.5, 0.6) is 0 Å². The van der Waals surface area contributed by atoms with Gasteiger partial charge in [0, 0.05) is 17.8 Å². The Balaban J connectivity index is 3.50. The summed E-state index contributed by atoms with van der Waals surface area (Å²) in [5.41, 5.74) is 0.698. The molecule has 0 aromatic rings. The highest BCUT2D eigenvalue weighted by molar-refractivity contribution is 5.83. The molecular formula is C7H16N2. The summed E-state index contributed by atoms with van der Waals surface area (Å²) in [7, 11) is 0. The molecule has 0 fully saturated rings. The summed E-state index contributed by atoms with van der Waals surface area (Å²) < 4.78 is 0. The van der Waals surface area contributed by atoms with Crippen LogP contribution in [0.25, 0.3) is 0 Å². The average molecular weight is 128 g/mol. The first kappa shape index (κ1) is 8.63. The van der Waals surface area contributed by atoms with Crippen molar-refractivity contribution in [2.24, 2.45) is 0 Å². The fraction of sp³-hybridized carbons (Fsp3) is 0.857. The molecule has 0 aliphatic rings. The van der Waals surface area contributed by atoms with Gasteiger partial charge in [-0.05, 0) is 13.8 Å². The third-order valence-electron chi connectivity index (χ3n) is 1.23. The van der Waals surface area contributed by atoms with Gasteiger partial charge in [0.25, 0.3) is 0 Å². The van der Waals surface area contributed by atoms with E-state index in [0.29, 0.717) is 11.8 Å². The standard InChI is InChI=1S/C7H16N2/c1-5(2)9-7(4)6(3)8/h5,7-9H,1-4H3/t7-/m0/s1. The van der Waals surface area contributed by atoms with Crippen LogP contribution in [0.15, 0.2) is 0 Å². The minimum atomic E-state index is 0.227. The molecule has 0 aromatic carbocycles. The van der Waals surface area contributed by atoms with Crippen molar-refractivity contribution < 1.29 is 0 Å². The second kappa shape index (κ2) is 3.62. The maximum atomic E-state index is 7.23. The van der Waals surface area contributed by atoms with Crippen LogP contribution < -0.4 is 5.32 Å². The zero-order valence-corrected chi connectivity index (χ0v) is 6.65. The van der Waals surface area contributed by atoms with Crippen molar-refractivity contribution in [2.45, 2.75) is 39.8 Å². The number of hydrogen-bond acceptors (Lipinski definition) is 2. The van der Waals surface area contributed by atoms with Crippen molar-refractivity contribution in [3.8, 4) is 0 Å². The van der Waals surface area contributed by atoms with Gasteiger partial charge in [0.15, 0.2) is 0 Å². The maximum absolute atomic E-state index is 7.23. The van der Waals surface area contributed by atoms with Gasteiger partial charge in [-0.15, -0.1) is 0 Å². The second-order valence-corrected chi connectivity index (χ2v) is 2.73. The predicted molar refractivity (Wildman–Crippen MR) is 41.1 cm³/mol. The predicted octanol–water partition coefficient (Wildman–Crippen LogP) is 1.41. The Morgan fingerprint density at radius 3 is 1.89 bits per heavy atom. The molecule has 0 radical (unpaired) electrons. The average Bonchev–Trinajstić information content (AvgIpc) is 1.63. The first-order valence-corrected chi connectivity index (χ1v) is 3.35. The van der Waals surface area contributed by atoms with Gasteiger partial charge in [0.05, 0.1) is 0 Å². The van der Waals surface area contributed by atoms with Gasteiger partial charge < -0.3 is 10.7 Å². The molecule has 9 heavy (non-hydrogen) atoms. The Bertz CT molecular complexity index is 97.1. The second-order valence-electron chi connectivity index (χ2n) is 2.73. The van der Waals surface area contributed by atoms with E-state index in [2.05, 4.69) is 19.2 Å². The normalized spacial score (nSPS) is 13.9. The Morgan fingerprint density at radius 2 is 1.78 bits per heavy atom. The SMILES string of the molecule is CC(=N)[C@H](C)NC(C)C. The van der Waals surface area contributed by atoms with Gasteiger partial charge in [-0.2, -0.15) is 0 Å². The van der Waals surface area contributed by atoms with Crippen molar-refractivity contribution in [1.29, 1.82) is 5.41 Å². The molecule has 0 aromatic heterocycles. The summed E-state index contributed by atoms with van der Waals surface area (Å²) in [6.07, 6.45) is 0. The van der Waals surface area contributed by atoms with Crippen molar-refractivity contribution in [3.63, 3.8) is 0 Å². The Hall–Kier alpha value is -0.370. The van der Waals surface area contributed by atoms with E-state index < -0.39 is 0 Å². The lowest BCUT2D eigenvalue weighted by molar-refractivity contribution is 0.564. The highest BCUT2D eigenvalue weighted by Gasteiger charge is 2.03. The monoisotopic (exact) mass is 128 g/mol. The molecule has 1 atom stereocenters. The molecule has 0 bridgehead atoms. The molecule has 0 rings (SSSR count). The van der Waals surface area contributed by atoms with E-state index in [1.165, 1.54) is 0 Å². The van der Waals surface area contributed by atoms with Gasteiger partial charge in [-0.25, -0.2) is 0 Å². The molecule has 2 heteroatoms. The Morgan fingerprint density at radius 1 is 1.33 bits per heavy atom. The van der Waals surface area contributed by atoms with Gasteiger partial charge in [0.1, 0.15) is 0 Å². The van der Waals surface area contributed by atoms with Gasteiger partial charge in [-0.3, -0.25) is 0 Å². The lowest BCUT2D eigenvalue weighted by Gasteiger charge is -2.14. The molecule has 2 N–H and O–H groups in total. The van der Waals surface area contributed by atoms with E-state index in [4.69, 9.17) is 5.41 Å². The largest absolute Gasteiger partial charge is 0.308 e. The van der Waals surface area contributed by atoms with Crippen LogP contribution in [0.2, 0.25) is 0 Å². The van der Waals surface area contributed by atoms with E-state index in [9.17, 15) is 0 Å². The summed E-state index contributed by atoms with van der Waals surface area (Å²) >= 11 is 0. The molecule has 0 saturated heterocycles. The van der Waals surface area contributed by atoms with Crippen LogP contribution in [0.4, 0.5) is 0 Å². The van der Waals surface area contributed by atoms with Crippen LogP contribution in [0, 0.1) is 5.41 Å². The zero-order valence-electron chi connectivity index (χ0n) is 6.65.